The molecule has 86 valence electrons. The van der Waals surface area contributed by atoms with Crippen LogP contribution in [0.3, 0.4) is 0 Å². The second kappa shape index (κ2) is 4.94. The molecule has 2 rings (SSSR count). The molecule has 0 bridgehead atoms. The first-order chi connectivity index (χ1) is 7.83. The highest BCUT2D eigenvalue weighted by atomic mass is 16.5. The monoisotopic (exact) mass is 221 g/mol. The van der Waals surface area contributed by atoms with Gasteiger partial charge in [-0.15, -0.1) is 0 Å². The van der Waals surface area contributed by atoms with Crippen molar-refractivity contribution in [1.82, 2.24) is 10.1 Å². The molecular formula is C11H15N3O2. The number of hydrogen-bond donors (Lipinski definition) is 1. The highest BCUT2D eigenvalue weighted by molar-refractivity contribution is 5.51. The van der Waals surface area contributed by atoms with Crippen LogP contribution in [0.25, 0.3) is 11.4 Å². The zero-order valence-electron chi connectivity index (χ0n) is 9.22. The van der Waals surface area contributed by atoms with Crippen molar-refractivity contribution in [3.05, 3.63) is 24.5 Å². The Hall–Kier alpha value is -1.62. The van der Waals surface area contributed by atoms with E-state index in [0.717, 1.165) is 18.4 Å². The third kappa shape index (κ3) is 2.30. The summed E-state index contributed by atoms with van der Waals surface area (Å²) in [5.74, 6) is 1.60. The smallest absolute Gasteiger partial charge is 0.227 e. The van der Waals surface area contributed by atoms with Crippen molar-refractivity contribution in [2.24, 2.45) is 11.7 Å². The van der Waals surface area contributed by atoms with Crippen LogP contribution < -0.4 is 5.73 Å². The van der Waals surface area contributed by atoms with Gasteiger partial charge in [0, 0.05) is 6.42 Å². The van der Waals surface area contributed by atoms with E-state index >= 15 is 0 Å². The Kier molecular flexibility index (Phi) is 3.36. The van der Waals surface area contributed by atoms with E-state index in [1.165, 1.54) is 0 Å². The van der Waals surface area contributed by atoms with Crippen LogP contribution in [0.5, 0.6) is 0 Å². The summed E-state index contributed by atoms with van der Waals surface area (Å²) in [7, 11) is 0. The van der Waals surface area contributed by atoms with E-state index in [1.54, 1.807) is 18.6 Å². The summed E-state index contributed by atoms with van der Waals surface area (Å²) in [5, 5.41) is 3.89. The predicted molar refractivity (Wildman–Crippen MR) is 58.5 cm³/mol. The molecule has 0 spiro atoms. The standard InChI is InChI=1S/C11H15N3O2/c1-2-8(6-12)5-10-13-11(14-16-10)9-3-4-15-7-9/h3-4,7-8H,2,5-6,12H2,1H3. The number of rotatable bonds is 5. The van der Waals surface area contributed by atoms with Crippen molar-refractivity contribution >= 4 is 0 Å². The average molecular weight is 221 g/mol. The molecule has 1 atom stereocenters. The van der Waals surface area contributed by atoms with Crippen LogP contribution in [0.2, 0.25) is 0 Å². The molecule has 0 aromatic carbocycles. The Morgan fingerprint density at radius 1 is 1.50 bits per heavy atom. The van der Waals surface area contributed by atoms with Crippen molar-refractivity contribution in [2.45, 2.75) is 19.8 Å². The van der Waals surface area contributed by atoms with Gasteiger partial charge >= 0.3 is 0 Å². The summed E-state index contributed by atoms with van der Waals surface area (Å²) < 4.78 is 10.1. The van der Waals surface area contributed by atoms with Gasteiger partial charge in [0.05, 0.1) is 11.8 Å². The van der Waals surface area contributed by atoms with Gasteiger partial charge in [-0.05, 0) is 18.5 Å². The van der Waals surface area contributed by atoms with Gasteiger partial charge in [0.2, 0.25) is 11.7 Å². The largest absolute Gasteiger partial charge is 0.472 e. The van der Waals surface area contributed by atoms with Crippen LogP contribution in [0, 0.1) is 5.92 Å². The van der Waals surface area contributed by atoms with Crippen molar-refractivity contribution in [3.8, 4) is 11.4 Å². The van der Waals surface area contributed by atoms with Gasteiger partial charge in [0.1, 0.15) is 6.26 Å². The van der Waals surface area contributed by atoms with Crippen molar-refractivity contribution in [1.29, 1.82) is 0 Å². The number of nitrogens with zero attached hydrogens (tertiary/aromatic N) is 2. The Morgan fingerprint density at radius 2 is 2.38 bits per heavy atom. The minimum atomic E-state index is 0.401. The molecule has 0 saturated heterocycles. The van der Waals surface area contributed by atoms with Gasteiger partial charge in [-0.25, -0.2) is 0 Å². The molecule has 0 aliphatic heterocycles. The molecule has 0 fully saturated rings. The first kappa shape index (κ1) is 10.9. The van der Waals surface area contributed by atoms with Gasteiger partial charge in [-0.1, -0.05) is 18.5 Å². The van der Waals surface area contributed by atoms with Crippen LogP contribution >= 0.6 is 0 Å². The fourth-order valence-corrected chi connectivity index (χ4v) is 1.49. The Bertz CT molecular complexity index is 418. The molecule has 0 radical (unpaired) electrons. The summed E-state index contributed by atoms with van der Waals surface area (Å²) in [6.07, 6.45) is 4.92. The fourth-order valence-electron chi connectivity index (χ4n) is 1.49. The maximum Gasteiger partial charge on any atom is 0.227 e. The molecule has 0 amide bonds. The highest BCUT2D eigenvalue weighted by Gasteiger charge is 2.13. The van der Waals surface area contributed by atoms with E-state index < -0.39 is 0 Å². The summed E-state index contributed by atoms with van der Waals surface area (Å²) in [6.45, 7) is 2.74. The van der Waals surface area contributed by atoms with Crippen LogP contribution in [-0.2, 0) is 6.42 Å². The van der Waals surface area contributed by atoms with Crippen molar-refractivity contribution in [3.63, 3.8) is 0 Å². The summed E-state index contributed by atoms with van der Waals surface area (Å²) in [5.41, 5.74) is 6.46. The minimum Gasteiger partial charge on any atom is -0.472 e. The van der Waals surface area contributed by atoms with Crippen molar-refractivity contribution < 1.29 is 8.94 Å². The normalized spacial score (nSPS) is 12.9. The second-order valence-electron chi connectivity index (χ2n) is 3.74. The quantitative estimate of drug-likeness (QED) is 0.833. The molecule has 2 heterocycles. The third-order valence-electron chi connectivity index (χ3n) is 2.62. The van der Waals surface area contributed by atoms with Gasteiger partial charge in [-0.2, -0.15) is 4.98 Å². The van der Waals surface area contributed by atoms with E-state index in [1.807, 2.05) is 0 Å². The molecule has 0 saturated carbocycles. The average Bonchev–Trinajstić information content (AvgIpc) is 2.96. The lowest BCUT2D eigenvalue weighted by molar-refractivity contribution is 0.350. The SMILES string of the molecule is CCC(CN)Cc1nc(-c2ccoc2)no1. The van der Waals surface area contributed by atoms with Gasteiger partial charge in [0.25, 0.3) is 0 Å². The van der Waals surface area contributed by atoms with Crippen LogP contribution in [-0.4, -0.2) is 16.7 Å². The zero-order valence-corrected chi connectivity index (χ0v) is 9.22. The first-order valence-electron chi connectivity index (χ1n) is 5.38. The van der Waals surface area contributed by atoms with Crippen molar-refractivity contribution in [2.75, 3.05) is 6.54 Å². The topological polar surface area (TPSA) is 78.1 Å². The number of furan rings is 1. The Labute approximate surface area is 93.6 Å². The van der Waals surface area contributed by atoms with Crippen LogP contribution in [0.1, 0.15) is 19.2 Å². The maximum absolute atomic E-state index is 5.63. The van der Waals surface area contributed by atoms with E-state index in [9.17, 15) is 0 Å². The summed E-state index contributed by atoms with van der Waals surface area (Å²) in [4.78, 5) is 4.30. The zero-order chi connectivity index (χ0) is 11.4. The summed E-state index contributed by atoms with van der Waals surface area (Å²) in [6, 6.07) is 1.80. The predicted octanol–water partition coefficient (Wildman–Crippen LogP) is 1.86. The second-order valence-corrected chi connectivity index (χ2v) is 3.74. The third-order valence-corrected chi connectivity index (χ3v) is 2.62. The molecule has 0 aliphatic rings. The lowest BCUT2D eigenvalue weighted by Gasteiger charge is -2.07. The molecule has 2 aromatic heterocycles. The maximum atomic E-state index is 5.63. The number of nitrogens with two attached hydrogens (primary N) is 1. The van der Waals surface area contributed by atoms with Gasteiger partial charge in [-0.3, -0.25) is 0 Å². The first-order valence-corrected chi connectivity index (χ1v) is 5.38. The molecule has 1 unspecified atom stereocenters. The molecule has 5 heteroatoms. The number of aromatic nitrogens is 2. The van der Waals surface area contributed by atoms with E-state index in [2.05, 4.69) is 17.1 Å². The highest BCUT2D eigenvalue weighted by Crippen LogP contribution is 2.17. The van der Waals surface area contributed by atoms with E-state index in [-0.39, 0.29) is 0 Å². The summed E-state index contributed by atoms with van der Waals surface area (Å²) >= 11 is 0. The Balaban J connectivity index is 2.08. The van der Waals surface area contributed by atoms with E-state index in [0.29, 0.717) is 24.2 Å². The van der Waals surface area contributed by atoms with Gasteiger partial charge in [0.15, 0.2) is 0 Å². The van der Waals surface area contributed by atoms with Crippen LogP contribution in [0.15, 0.2) is 27.5 Å². The number of hydrogen-bond acceptors (Lipinski definition) is 5. The molecule has 0 aliphatic carbocycles. The molecule has 2 N–H and O–H groups in total. The van der Waals surface area contributed by atoms with Crippen LogP contribution in [0.4, 0.5) is 0 Å². The molecule has 2 aromatic rings. The van der Waals surface area contributed by atoms with Gasteiger partial charge < -0.3 is 14.7 Å². The molecule has 16 heavy (non-hydrogen) atoms. The lowest BCUT2D eigenvalue weighted by atomic mass is 10.0. The fraction of sp³-hybridized carbons (Fsp3) is 0.455. The molecular weight excluding hydrogens is 206 g/mol. The van der Waals surface area contributed by atoms with E-state index in [4.69, 9.17) is 14.7 Å². The minimum absolute atomic E-state index is 0.401. The lowest BCUT2D eigenvalue weighted by Crippen LogP contribution is -2.15. The molecule has 5 nitrogen and oxygen atoms in total. The Morgan fingerprint density at radius 3 is 3.00 bits per heavy atom.